The SMILES string of the molecule is NC1CCCCCC1C(=O)N1CCCNCC1. The molecular weight excluding hydrogens is 214 g/mol. The Hall–Kier alpha value is -0.610. The molecule has 0 aromatic rings. The van der Waals surface area contributed by atoms with Crippen molar-refractivity contribution in [3.8, 4) is 0 Å². The summed E-state index contributed by atoms with van der Waals surface area (Å²) in [6, 6.07) is 0.0845. The first-order valence-corrected chi connectivity index (χ1v) is 7.04. The summed E-state index contributed by atoms with van der Waals surface area (Å²) in [7, 11) is 0. The van der Waals surface area contributed by atoms with Gasteiger partial charge < -0.3 is 16.0 Å². The molecule has 17 heavy (non-hydrogen) atoms. The molecule has 0 radical (unpaired) electrons. The predicted molar refractivity (Wildman–Crippen MR) is 68.6 cm³/mol. The van der Waals surface area contributed by atoms with Gasteiger partial charge in [-0.05, 0) is 25.8 Å². The van der Waals surface area contributed by atoms with Gasteiger partial charge in [-0.2, -0.15) is 0 Å². The van der Waals surface area contributed by atoms with Crippen molar-refractivity contribution < 1.29 is 4.79 Å². The van der Waals surface area contributed by atoms with E-state index in [1.54, 1.807) is 0 Å². The van der Waals surface area contributed by atoms with Gasteiger partial charge >= 0.3 is 0 Å². The lowest BCUT2D eigenvalue weighted by Crippen LogP contribution is -2.45. The molecule has 1 aliphatic heterocycles. The first-order valence-electron chi connectivity index (χ1n) is 7.04. The van der Waals surface area contributed by atoms with Crippen molar-refractivity contribution in [2.24, 2.45) is 11.7 Å². The average Bonchev–Trinajstić information content (AvgIpc) is 2.70. The molecule has 1 aliphatic carbocycles. The molecule has 4 heteroatoms. The number of nitrogens with zero attached hydrogens (tertiary/aromatic N) is 1. The third-order valence-corrected chi connectivity index (χ3v) is 4.04. The van der Waals surface area contributed by atoms with E-state index in [4.69, 9.17) is 5.73 Å². The molecule has 98 valence electrons. The second kappa shape index (κ2) is 6.36. The standard InChI is InChI=1S/C13H25N3O/c14-12-6-3-1-2-5-11(12)13(17)16-9-4-7-15-8-10-16/h11-12,15H,1-10,14H2. The van der Waals surface area contributed by atoms with Crippen molar-refractivity contribution in [3.63, 3.8) is 0 Å². The Morgan fingerprint density at radius 3 is 2.76 bits per heavy atom. The maximum absolute atomic E-state index is 12.5. The first kappa shape index (κ1) is 12.8. The summed E-state index contributed by atoms with van der Waals surface area (Å²) in [5.41, 5.74) is 6.16. The summed E-state index contributed by atoms with van der Waals surface area (Å²) in [4.78, 5) is 14.5. The van der Waals surface area contributed by atoms with E-state index < -0.39 is 0 Å². The number of nitrogens with one attached hydrogen (secondary N) is 1. The number of amides is 1. The fraction of sp³-hybridized carbons (Fsp3) is 0.923. The van der Waals surface area contributed by atoms with Crippen LogP contribution in [0.1, 0.15) is 38.5 Å². The quantitative estimate of drug-likeness (QED) is 0.663. The number of nitrogens with two attached hydrogens (primary N) is 1. The van der Waals surface area contributed by atoms with Crippen LogP contribution in [0.5, 0.6) is 0 Å². The van der Waals surface area contributed by atoms with Gasteiger partial charge in [0.05, 0.1) is 5.92 Å². The summed E-state index contributed by atoms with van der Waals surface area (Å²) in [6.45, 7) is 3.70. The van der Waals surface area contributed by atoms with Crippen LogP contribution in [0.25, 0.3) is 0 Å². The zero-order chi connectivity index (χ0) is 12.1. The summed E-state index contributed by atoms with van der Waals surface area (Å²) in [6.07, 6.45) is 6.65. The summed E-state index contributed by atoms with van der Waals surface area (Å²) in [5.74, 6) is 0.388. The van der Waals surface area contributed by atoms with Crippen molar-refractivity contribution in [1.29, 1.82) is 0 Å². The van der Waals surface area contributed by atoms with E-state index in [2.05, 4.69) is 5.32 Å². The fourth-order valence-corrected chi connectivity index (χ4v) is 2.94. The van der Waals surface area contributed by atoms with Gasteiger partial charge in [0.25, 0.3) is 0 Å². The van der Waals surface area contributed by atoms with E-state index in [9.17, 15) is 4.79 Å². The molecular formula is C13H25N3O. The molecule has 0 aromatic carbocycles. The lowest BCUT2D eigenvalue weighted by Gasteiger charge is -2.28. The molecule has 2 unspecified atom stereocenters. The van der Waals surface area contributed by atoms with Gasteiger partial charge in [-0.3, -0.25) is 4.79 Å². The lowest BCUT2D eigenvalue weighted by molar-refractivity contribution is -0.136. The Balaban J connectivity index is 1.96. The van der Waals surface area contributed by atoms with Gasteiger partial charge in [-0.1, -0.05) is 19.3 Å². The first-order chi connectivity index (χ1) is 8.29. The van der Waals surface area contributed by atoms with Crippen LogP contribution < -0.4 is 11.1 Å². The summed E-state index contributed by atoms with van der Waals surface area (Å²) < 4.78 is 0. The van der Waals surface area contributed by atoms with Crippen molar-refractivity contribution in [2.75, 3.05) is 26.2 Å². The Morgan fingerprint density at radius 2 is 1.88 bits per heavy atom. The van der Waals surface area contributed by atoms with Gasteiger partial charge in [-0.25, -0.2) is 0 Å². The minimum atomic E-state index is 0.0793. The van der Waals surface area contributed by atoms with E-state index in [0.29, 0.717) is 5.91 Å². The van der Waals surface area contributed by atoms with Crippen molar-refractivity contribution >= 4 is 5.91 Å². The smallest absolute Gasteiger partial charge is 0.227 e. The highest BCUT2D eigenvalue weighted by molar-refractivity contribution is 5.79. The van der Waals surface area contributed by atoms with Crippen LogP contribution in [-0.2, 0) is 4.79 Å². The van der Waals surface area contributed by atoms with Crippen molar-refractivity contribution in [2.45, 2.75) is 44.6 Å². The van der Waals surface area contributed by atoms with Crippen LogP contribution in [0.2, 0.25) is 0 Å². The average molecular weight is 239 g/mol. The molecule has 1 amide bonds. The number of hydrogen-bond donors (Lipinski definition) is 2. The van der Waals surface area contributed by atoms with Gasteiger partial charge in [0, 0.05) is 25.7 Å². The summed E-state index contributed by atoms with van der Waals surface area (Å²) in [5, 5.41) is 3.33. The van der Waals surface area contributed by atoms with Crippen molar-refractivity contribution in [1.82, 2.24) is 10.2 Å². The van der Waals surface area contributed by atoms with Gasteiger partial charge in [-0.15, -0.1) is 0 Å². The van der Waals surface area contributed by atoms with Crippen LogP contribution in [0.4, 0.5) is 0 Å². The second-order valence-electron chi connectivity index (χ2n) is 5.34. The van der Waals surface area contributed by atoms with E-state index in [0.717, 1.165) is 51.9 Å². The van der Waals surface area contributed by atoms with Crippen molar-refractivity contribution in [3.05, 3.63) is 0 Å². The largest absolute Gasteiger partial charge is 0.341 e. The highest BCUT2D eigenvalue weighted by atomic mass is 16.2. The van der Waals surface area contributed by atoms with E-state index in [1.165, 1.54) is 12.8 Å². The highest BCUT2D eigenvalue weighted by Crippen LogP contribution is 2.24. The maximum atomic E-state index is 12.5. The van der Waals surface area contributed by atoms with Crippen LogP contribution in [0.15, 0.2) is 0 Å². The van der Waals surface area contributed by atoms with Crippen LogP contribution >= 0.6 is 0 Å². The number of rotatable bonds is 1. The molecule has 0 aromatic heterocycles. The van der Waals surface area contributed by atoms with E-state index in [1.807, 2.05) is 4.90 Å². The topological polar surface area (TPSA) is 58.4 Å². The molecule has 1 heterocycles. The molecule has 1 saturated heterocycles. The third kappa shape index (κ3) is 3.42. The zero-order valence-corrected chi connectivity index (χ0v) is 10.7. The molecule has 4 nitrogen and oxygen atoms in total. The Labute approximate surface area is 104 Å². The summed E-state index contributed by atoms with van der Waals surface area (Å²) >= 11 is 0. The van der Waals surface area contributed by atoms with Gasteiger partial charge in [0.1, 0.15) is 0 Å². The number of hydrogen-bond acceptors (Lipinski definition) is 3. The Bertz CT molecular complexity index is 249. The molecule has 2 atom stereocenters. The highest BCUT2D eigenvalue weighted by Gasteiger charge is 2.30. The van der Waals surface area contributed by atoms with Gasteiger partial charge in [0.2, 0.25) is 5.91 Å². The van der Waals surface area contributed by atoms with Crippen LogP contribution in [-0.4, -0.2) is 43.0 Å². The molecule has 2 fully saturated rings. The Kier molecular flexibility index (Phi) is 4.80. The predicted octanol–water partition coefficient (Wildman–Crippen LogP) is 0.716. The molecule has 3 N–H and O–H groups in total. The monoisotopic (exact) mass is 239 g/mol. The second-order valence-corrected chi connectivity index (χ2v) is 5.34. The molecule has 0 spiro atoms. The normalized spacial score (nSPS) is 31.7. The minimum absolute atomic E-state index is 0.0793. The number of carbonyl (C=O) groups excluding carboxylic acids is 1. The molecule has 0 bridgehead atoms. The molecule has 1 saturated carbocycles. The lowest BCUT2D eigenvalue weighted by atomic mass is 9.94. The number of carbonyl (C=O) groups is 1. The minimum Gasteiger partial charge on any atom is -0.341 e. The fourth-order valence-electron chi connectivity index (χ4n) is 2.94. The van der Waals surface area contributed by atoms with Crippen LogP contribution in [0, 0.1) is 5.92 Å². The molecule has 2 aliphatic rings. The van der Waals surface area contributed by atoms with E-state index in [-0.39, 0.29) is 12.0 Å². The van der Waals surface area contributed by atoms with E-state index >= 15 is 0 Å². The maximum Gasteiger partial charge on any atom is 0.227 e. The van der Waals surface area contributed by atoms with Crippen LogP contribution in [0.3, 0.4) is 0 Å². The van der Waals surface area contributed by atoms with Gasteiger partial charge in [0.15, 0.2) is 0 Å². The molecule has 2 rings (SSSR count). The third-order valence-electron chi connectivity index (χ3n) is 4.04. The zero-order valence-electron chi connectivity index (χ0n) is 10.7. The Morgan fingerprint density at radius 1 is 1.06 bits per heavy atom.